The van der Waals surface area contributed by atoms with Crippen LogP contribution in [0, 0.1) is 5.92 Å². The van der Waals surface area contributed by atoms with Gasteiger partial charge < -0.3 is 0 Å². The van der Waals surface area contributed by atoms with Crippen molar-refractivity contribution in [2.75, 3.05) is 0 Å². The van der Waals surface area contributed by atoms with Crippen LogP contribution >= 0.6 is 0 Å². The zero-order chi connectivity index (χ0) is 11.8. The number of rotatable bonds is 2. The van der Waals surface area contributed by atoms with Crippen molar-refractivity contribution >= 4 is 0 Å². The van der Waals surface area contributed by atoms with Gasteiger partial charge in [-0.15, -0.1) is 0 Å². The van der Waals surface area contributed by atoms with Crippen molar-refractivity contribution in [1.82, 2.24) is 0 Å². The first-order valence-electron chi connectivity index (χ1n) is 6.63. The minimum absolute atomic E-state index is 0.290. The molecule has 0 nitrogen and oxygen atoms in total. The summed E-state index contributed by atoms with van der Waals surface area (Å²) in [5.74, 6) is 0.912. The topological polar surface area (TPSA) is 0 Å². The lowest BCUT2D eigenvalue weighted by atomic mass is 9.85. The highest BCUT2D eigenvalue weighted by atomic mass is 14.3. The Kier molecular flexibility index (Phi) is 3.10. The molecule has 1 atom stereocenters. The summed E-state index contributed by atoms with van der Waals surface area (Å²) in [6.07, 6.45) is 5.34. The van der Waals surface area contributed by atoms with Gasteiger partial charge in [-0.3, -0.25) is 0 Å². The van der Waals surface area contributed by atoms with E-state index in [1.54, 1.807) is 11.1 Å². The fourth-order valence-electron chi connectivity index (χ4n) is 2.79. The van der Waals surface area contributed by atoms with E-state index in [2.05, 4.69) is 45.9 Å². The molecule has 0 fully saturated rings. The molecule has 0 saturated carbocycles. The molecule has 0 heterocycles. The standard InChI is InChI=1S/C16H24/c1-5-6-12-9-13-7-8-15(16(2,3)4)11-14(13)10-12/h7-8,11-12H,5-6,9-10H2,1-4H3. The van der Waals surface area contributed by atoms with Crippen molar-refractivity contribution in [2.45, 2.75) is 58.8 Å². The first kappa shape index (κ1) is 11.7. The van der Waals surface area contributed by atoms with Crippen molar-refractivity contribution in [1.29, 1.82) is 0 Å². The van der Waals surface area contributed by atoms with Crippen molar-refractivity contribution in [3.05, 3.63) is 34.9 Å². The van der Waals surface area contributed by atoms with Gasteiger partial charge in [-0.1, -0.05) is 58.7 Å². The molecular weight excluding hydrogens is 192 g/mol. The fraction of sp³-hybridized carbons (Fsp3) is 0.625. The summed E-state index contributed by atoms with van der Waals surface area (Å²) in [4.78, 5) is 0. The maximum absolute atomic E-state index is 2.45. The summed E-state index contributed by atoms with van der Waals surface area (Å²) in [7, 11) is 0. The van der Waals surface area contributed by atoms with Crippen molar-refractivity contribution in [3.63, 3.8) is 0 Å². The summed E-state index contributed by atoms with van der Waals surface area (Å²) in [6.45, 7) is 9.19. The van der Waals surface area contributed by atoms with Crippen LogP contribution < -0.4 is 0 Å². The molecule has 1 aromatic carbocycles. The zero-order valence-corrected chi connectivity index (χ0v) is 11.1. The highest BCUT2D eigenvalue weighted by molar-refractivity contribution is 5.38. The minimum Gasteiger partial charge on any atom is -0.0654 e. The van der Waals surface area contributed by atoms with Crippen LogP contribution in [0.4, 0.5) is 0 Å². The molecule has 88 valence electrons. The molecular formula is C16H24. The van der Waals surface area contributed by atoms with E-state index < -0.39 is 0 Å². The van der Waals surface area contributed by atoms with Crippen molar-refractivity contribution in [2.24, 2.45) is 5.92 Å². The lowest BCUT2D eigenvalue weighted by molar-refractivity contribution is 0.506. The van der Waals surface area contributed by atoms with Crippen LogP contribution in [0.2, 0.25) is 0 Å². The van der Waals surface area contributed by atoms with Crippen LogP contribution in [0.25, 0.3) is 0 Å². The van der Waals surface area contributed by atoms with E-state index in [1.807, 2.05) is 0 Å². The second-order valence-electron chi connectivity index (χ2n) is 6.30. The highest BCUT2D eigenvalue weighted by Crippen LogP contribution is 2.33. The summed E-state index contributed by atoms with van der Waals surface area (Å²) in [6, 6.07) is 7.14. The van der Waals surface area contributed by atoms with Gasteiger partial charge >= 0.3 is 0 Å². The van der Waals surface area contributed by atoms with Gasteiger partial charge in [0.15, 0.2) is 0 Å². The van der Waals surface area contributed by atoms with Gasteiger partial charge in [-0.25, -0.2) is 0 Å². The molecule has 0 heteroatoms. The van der Waals surface area contributed by atoms with E-state index in [0.717, 1.165) is 5.92 Å². The third-order valence-electron chi connectivity index (χ3n) is 3.79. The van der Waals surface area contributed by atoms with E-state index in [9.17, 15) is 0 Å². The second kappa shape index (κ2) is 4.24. The van der Waals surface area contributed by atoms with Gasteiger partial charge in [0.2, 0.25) is 0 Å². The predicted octanol–water partition coefficient (Wildman–Crippen LogP) is 4.50. The van der Waals surface area contributed by atoms with Gasteiger partial charge in [0.25, 0.3) is 0 Å². The fourth-order valence-corrected chi connectivity index (χ4v) is 2.79. The minimum atomic E-state index is 0.290. The Labute approximate surface area is 100 Å². The molecule has 0 bridgehead atoms. The average Bonchev–Trinajstić information content (AvgIpc) is 2.57. The van der Waals surface area contributed by atoms with E-state index in [4.69, 9.17) is 0 Å². The van der Waals surface area contributed by atoms with Crippen LogP contribution in [0.1, 0.15) is 57.2 Å². The predicted molar refractivity (Wildman–Crippen MR) is 70.9 cm³/mol. The molecule has 1 unspecified atom stereocenters. The molecule has 1 aliphatic carbocycles. The molecule has 0 spiro atoms. The maximum Gasteiger partial charge on any atom is -0.0132 e. The Hall–Kier alpha value is -0.780. The lowest BCUT2D eigenvalue weighted by Gasteiger charge is -2.19. The smallest absolute Gasteiger partial charge is 0.0132 e. The first-order chi connectivity index (χ1) is 7.50. The SMILES string of the molecule is CCCC1Cc2ccc(C(C)(C)C)cc2C1. The lowest BCUT2D eigenvalue weighted by Crippen LogP contribution is -2.11. The number of hydrogen-bond donors (Lipinski definition) is 0. The Bertz CT molecular complexity index is 368. The van der Waals surface area contributed by atoms with Crippen molar-refractivity contribution in [3.8, 4) is 0 Å². The third-order valence-corrected chi connectivity index (χ3v) is 3.79. The molecule has 0 aliphatic heterocycles. The Morgan fingerprint density at radius 1 is 1.12 bits per heavy atom. The van der Waals surface area contributed by atoms with Gasteiger partial charge in [0, 0.05) is 0 Å². The summed E-state index contributed by atoms with van der Waals surface area (Å²) in [5.41, 5.74) is 5.00. The number of fused-ring (bicyclic) bond motifs is 1. The molecule has 0 saturated heterocycles. The van der Waals surface area contributed by atoms with Crippen molar-refractivity contribution < 1.29 is 0 Å². The number of hydrogen-bond acceptors (Lipinski definition) is 0. The Morgan fingerprint density at radius 2 is 1.81 bits per heavy atom. The first-order valence-corrected chi connectivity index (χ1v) is 6.63. The van der Waals surface area contributed by atoms with Crippen LogP contribution in [-0.2, 0) is 18.3 Å². The molecule has 0 N–H and O–H groups in total. The number of benzene rings is 1. The quantitative estimate of drug-likeness (QED) is 0.683. The van der Waals surface area contributed by atoms with Crippen LogP contribution in [0.5, 0.6) is 0 Å². The highest BCUT2D eigenvalue weighted by Gasteiger charge is 2.22. The van der Waals surface area contributed by atoms with Crippen LogP contribution in [-0.4, -0.2) is 0 Å². The van der Waals surface area contributed by atoms with Crippen LogP contribution in [0.3, 0.4) is 0 Å². The molecule has 0 radical (unpaired) electrons. The van der Waals surface area contributed by atoms with E-state index in [-0.39, 0.29) is 5.41 Å². The monoisotopic (exact) mass is 216 g/mol. The summed E-state index contributed by atoms with van der Waals surface area (Å²) >= 11 is 0. The van der Waals surface area contributed by atoms with Crippen LogP contribution in [0.15, 0.2) is 18.2 Å². The molecule has 1 aliphatic rings. The molecule has 16 heavy (non-hydrogen) atoms. The average molecular weight is 216 g/mol. The van der Waals surface area contributed by atoms with Gasteiger partial charge in [0.05, 0.1) is 0 Å². The van der Waals surface area contributed by atoms with E-state index in [1.165, 1.54) is 31.2 Å². The maximum atomic E-state index is 2.45. The van der Waals surface area contributed by atoms with Gasteiger partial charge in [0.1, 0.15) is 0 Å². The normalized spacial score (nSPS) is 19.9. The Morgan fingerprint density at radius 3 is 2.44 bits per heavy atom. The molecule has 0 amide bonds. The van der Waals surface area contributed by atoms with Gasteiger partial charge in [-0.05, 0) is 40.9 Å². The zero-order valence-electron chi connectivity index (χ0n) is 11.1. The molecule has 1 aromatic rings. The third kappa shape index (κ3) is 2.31. The summed E-state index contributed by atoms with van der Waals surface area (Å²) < 4.78 is 0. The molecule has 0 aromatic heterocycles. The van der Waals surface area contributed by atoms with Gasteiger partial charge in [-0.2, -0.15) is 0 Å². The Balaban J connectivity index is 2.21. The largest absolute Gasteiger partial charge is 0.0654 e. The molecule has 2 rings (SSSR count). The summed E-state index contributed by atoms with van der Waals surface area (Å²) in [5, 5.41) is 0. The second-order valence-corrected chi connectivity index (χ2v) is 6.30. The van der Waals surface area contributed by atoms with E-state index in [0.29, 0.717) is 0 Å². The van der Waals surface area contributed by atoms with E-state index >= 15 is 0 Å².